The van der Waals surface area contributed by atoms with Crippen molar-refractivity contribution in [2.75, 3.05) is 0 Å². The molecule has 2 atom stereocenters. The molecule has 5 nitrogen and oxygen atoms in total. The normalized spacial score (nSPS) is 28.0. The fourth-order valence-corrected chi connectivity index (χ4v) is 5.30. The lowest BCUT2D eigenvalue weighted by atomic mass is 9.87. The molecule has 4 rings (SSSR count). The van der Waals surface area contributed by atoms with Gasteiger partial charge >= 0.3 is 6.03 Å². The molecule has 152 valence electrons. The highest BCUT2D eigenvalue weighted by Gasteiger charge is 2.50. The summed E-state index contributed by atoms with van der Waals surface area (Å²) in [6.07, 6.45) is 9.75. The molecule has 1 aromatic carbocycles. The first-order chi connectivity index (χ1) is 13.7. The fourth-order valence-electron chi connectivity index (χ4n) is 5.30. The van der Waals surface area contributed by atoms with E-state index in [9.17, 15) is 14.7 Å². The van der Waals surface area contributed by atoms with Gasteiger partial charge in [0.2, 0.25) is 5.91 Å². The zero-order chi connectivity index (χ0) is 19.5. The maximum atomic E-state index is 13.4. The Balaban J connectivity index is 1.63. The molecule has 3 fully saturated rings. The largest absolute Gasteiger partial charge is 0.373 e. The predicted octanol–water partition coefficient (Wildman–Crippen LogP) is 4.09. The van der Waals surface area contributed by atoms with Crippen LogP contribution in [0.4, 0.5) is 4.79 Å². The van der Waals surface area contributed by atoms with Gasteiger partial charge in [-0.3, -0.25) is 14.6 Å². The Kier molecular flexibility index (Phi) is 6.00. The molecule has 2 unspecified atom stereocenters. The summed E-state index contributed by atoms with van der Waals surface area (Å²) in [7, 11) is 0. The monoisotopic (exact) mass is 384 g/mol. The molecule has 28 heavy (non-hydrogen) atoms. The number of benzene rings is 1. The smallest absolute Gasteiger partial charge is 0.329 e. The summed E-state index contributed by atoms with van der Waals surface area (Å²) in [4.78, 5) is 30.0. The molecule has 3 amide bonds. The van der Waals surface area contributed by atoms with Gasteiger partial charge in [-0.2, -0.15) is 0 Å². The van der Waals surface area contributed by atoms with Gasteiger partial charge in [0.05, 0.1) is 5.92 Å². The summed E-state index contributed by atoms with van der Waals surface area (Å²) >= 11 is 0. The van der Waals surface area contributed by atoms with Crippen LogP contribution in [0.15, 0.2) is 30.3 Å². The van der Waals surface area contributed by atoms with Crippen molar-refractivity contribution in [2.24, 2.45) is 5.92 Å². The Hall–Kier alpha value is -1.88. The van der Waals surface area contributed by atoms with Crippen molar-refractivity contribution in [3.8, 4) is 0 Å². The van der Waals surface area contributed by atoms with Gasteiger partial charge in [0.25, 0.3) is 0 Å². The maximum absolute atomic E-state index is 13.4. The second-order valence-electron chi connectivity index (χ2n) is 8.69. The van der Waals surface area contributed by atoms with Crippen molar-refractivity contribution >= 4 is 11.9 Å². The van der Waals surface area contributed by atoms with E-state index in [0.29, 0.717) is 6.42 Å². The van der Waals surface area contributed by atoms with E-state index in [4.69, 9.17) is 0 Å². The van der Waals surface area contributed by atoms with Crippen molar-refractivity contribution in [2.45, 2.75) is 88.9 Å². The number of amides is 3. The standard InChI is InChI=1S/C23H32N2O3/c26-21-20(16-17-10-4-1-5-11-17)22(27)25(19-14-8-3-9-15-19)23(28)24(21)18-12-6-2-7-13-18/h1,4-5,10-11,18-21,26H,2-3,6-9,12-16H2. The number of carbonyl (C=O) groups is 2. The highest BCUT2D eigenvalue weighted by Crippen LogP contribution is 2.35. The van der Waals surface area contributed by atoms with Gasteiger partial charge in [0.15, 0.2) is 0 Å². The molecule has 0 bridgehead atoms. The second-order valence-corrected chi connectivity index (χ2v) is 8.69. The summed E-state index contributed by atoms with van der Waals surface area (Å²) in [6, 6.07) is 9.64. The number of urea groups is 1. The summed E-state index contributed by atoms with van der Waals surface area (Å²) < 4.78 is 0. The van der Waals surface area contributed by atoms with Crippen molar-refractivity contribution in [1.82, 2.24) is 9.80 Å². The van der Waals surface area contributed by atoms with E-state index < -0.39 is 12.1 Å². The van der Waals surface area contributed by atoms with Gasteiger partial charge in [-0.15, -0.1) is 0 Å². The van der Waals surface area contributed by atoms with E-state index in [2.05, 4.69) is 0 Å². The number of nitrogens with zero attached hydrogens (tertiary/aromatic N) is 2. The van der Waals surface area contributed by atoms with Crippen LogP contribution in [-0.4, -0.2) is 45.2 Å². The zero-order valence-corrected chi connectivity index (χ0v) is 16.6. The van der Waals surface area contributed by atoms with E-state index in [1.54, 1.807) is 4.90 Å². The van der Waals surface area contributed by atoms with Gasteiger partial charge in [-0.05, 0) is 37.7 Å². The SMILES string of the molecule is O=C1C(Cc2ccccc2)C(O)N(C2CCCCC2)C(=O)N1C1CCCCC1. The molecule has 2 aliphatic carbocycles. The Bertz CT molecular complexity index is 680. The summed E-state index contributed by atoms with van der Waals surface area (Å²) in [6.45, 7) is 0. The van der Waals surface area contributed by atoms with Crippen LogP contribution in [0.2, 0.25) is 0 Å². The first-order valence-electron chi connectivity index (χ1n) is 11.0. The van der Waals surface area contributed by atoms with E-state index in [1.165, 1.54) is 17.7 Å². The lowest BCUT2D eigenvalue weighted by molar-refractivity contribution is -0.155. The zero-order valence-electron chi connectivity index (χ0n) is 16.6. The van der Waals surface area contributed by atoms with Gasteiger partial charge in [-0.1, -0.05) is 68.9 Å². The third kappa shape index (κ3) is 3.82. The topological polar surface area (TPSA) is 60.9 Å². The van der Waals surface area contributed by atoms with Gasteiger partial charge in [0.1, 0.15) is 6.23 Å². The Morgan fingerprint density at radius 3 is 2.00 bits per heavy atom. The highest BCUT2D eigenvalue weighted by atomic mass is 16.3. The Morgan fingerprint density at radius 2 is 1.39 bits per heavy atom. The van der Waals surface area contributed by atoms with Crippen molar-refractivity contribution < 1.29 is 14.7 Å². The van der Waals surface area contributed by atoms with E-state index in [-0.39, 0.29) is 24.0 Å². The van der Waals surface area contributed by atoms with Crippen LogP contribution in [-0.2, 0) is 11.2 Å². The number of hydrogen-bond donors (Lipinski definition) is 1. The number of hydrogen-bond acceptors (Lipinski definition) is 3. The molecular weight excluding hydrogens is 352 g/mol. The number of aliphatic hydroxyl groups is 1. The van der Waals surface area contributed by atoms with Crippen molar-refractivity contribution in [3.63, 3.8) is 0 Å². The molecule has 2 saturated carbocycles. The van der Waals surface area contributed by atoms with Gasteiger partial charge in [-0.25, -0.2) is 4.79 Å². The number of imide groups is 1. The summed E-state index contributed by atoms with van der Waals surface area (Å²) in [5.41, 5.74) is 1.03. The molecule has 3 aliphatic rings. The van der Waals surface area contributed by atoms with Crippen LogP contribution in [0.1, 0.15) is 69.8 Å². The quantitative estimate of drug-likeness (QED) is 0.850. The number of rotatable bonds is 4. The predicted molar refractivity (Wildman–Crippen MR) is 107 cm³/mol. The minimum atomic E-state index is -1.02. The second kappa shape index (κ2) is 8.64. The molecular formula is C23H32N2O3. The lowest BCUT2D eigenvalue weighted by Gasteiger charge is -2.49. The molecule has 1 heterocycles. The van der Waals surface area contributed by atoms with Crippen molar-refractivity contribution in [3.05, 3.63) is 35.9 Å². The molecule has 1 N–H and O–H groups in total. The van der Waals surface area contributed by atoms with E-state index in [1.807, 2.05) is 30.3 Å². The third-order valence-corrected chi connectivity index (χ3v) is 6.83. The molecule has 0 spiro atoms. The lowest BCUT2D eigenvalue weighted by Crippen LogP contribution is -2.67. The van der Waals surface area contributed by atoms with Crippen LogP contribution >= 0.6 is 0 Å². The van der Waals surface area contributed by atoms with Crippen molar-refractivity contribution in [1.29, 1.82) is 0 Å². The molecule has 1 aliphatic heterocycles. The summed E-state index contributed by atoms with van der Waals surface area (Å²) in [5.74, 6) is -0.760. The average molecular weight is 385 g/mol. The first-order valence-corrected chi connectivity index (χ1v) is 11.0. The average Bonchev–Trinajstić information content (AvgIpc) is 2.74. The Morgan fingerprint density at radius 1 is 0.821 bits per heavy atom. The molecule has 0 aromatic heterocycles. The molecule has 5 heteroatoms. The minimum absolute atomic E-state index is 0.00869. The van der Waals surface area contributed by atoms with Gasteiger partial charge < -0.3 is 5.11 Å². The Labute approximate surface area is 167 Å². The molecule has 1 saturated heterocycles. The van der Waals surface area contributed by atoms with Crippen LogP contribution < -0.4 is 0 Å². The van der Waals surface area contributed by atoms with Crippen LogP contribution in [0.5, 0.6) is 0 Å². The molecule has 0 radical (unpaired) electrons. The van der Waals surface area contributed by atoms with E-state index in [0.717, 1.165) is 56.9 Å². The summed E-state index contributed by atoms with van der Waals surface area (Å²) in [5, 5.41) is 11.2. The third-order valence-electron chi connectivity index (χ3n) is 6.83. The molecule has 1 aromatic rings. The van der Waals surface area contributed by atoms with Crippen LogP contribution in [0.25, 0.3) is 0 Å². The number of carbonyl (C=O) groups excluding carboxylic acids is 2. The van der Waals surface area contributed by atoms with Gasteiger partial charge in [0, 0.05) is 12.1 Å². The fraction of sp³-hybridized carbons (Fsp3) is 0.652. The number of aliphatic hydroxyl groups excluding tert-OH is 1. The highest BCUT2D eigenvalue weighted by molar-refractivity contribution is 5.99. The minimum Gasteiger partial charge on any atom is -0.373 e. The van der Waals surface area contributed by atoms with Crippen LogP contribution in [0.3, 0.4) is 0 Å². The first kappa shape index (κ1) is 19.4. The van der Waals surface area contributed by atoms with E-state index >= 15 is 0 Å². The van der Waals surface area contributed by atoms with Crippen LogP contribution in [0, 0.1) is 5.92 Å². The maximum Gasteiger partial charge on any atom is 0.329 e.